The molecule has 0 saturated heterocycles. The van der Waals surface area contributed by atoms with Crippen molar-refractivity contribution in [2.45, 2.75) is 24.5 Å². The third-order valence-electron chi connectivity index (χ3n) is 7.18. The van der Waals surface area contributed by atoms with Gasteiger partial charge in [-0.25, -0.2) is 4.98 Å². The SMILES string of the molecule is CCn1cc(-c2ccc(Cl)cc2Cl)nc1/C=C/c1ccc(-c2ccc(Oc3ccc(N(S(=O)(=O)C(F)(F)F)S(=O)(=O)C(F)(F)F)cc3)cc2)cc1. The molecule has 0 fully saturated rings. The molecule has 0 aliphatic heterocycles. The first-order valence-corrected chi connectivity index (χ1v) is 18.1. The van der Waals surface area contributed by atoms with Crippen molar-refractivity contribution in [3.05, 3.63) is 119 Å². The molecule has 0 bridgehead atoms. The zero-order valence-corrected chi connectivity index (χ0v) is 29.0. The van der Waals surface area contributed by atoms with Crippen molar-refractivity contribution in [3.8, 4) is 33.9 Å². The monoisotopic (exact) mass is 789 g/mol. The second kappa shape index (κ2) is 14.3. The number of anilines is 1. The number of benzene rings is 4. The predicted octanol–water partition coefficient (Wildman–Crippen LogP) is 10.0. The Morgan fingerprint density at radius 3 is 1.75 bits per heavy atom. The Morgan fingerprint density at radius 2 is 1.25 bits per heavy atom. The van der Waals surface area contributed by atoms with Crippen LogP contribution in [0, 0.1) is 0 Å². The molecule has 0 radical (unpaired) electrons. The molecular formula is C33H23Cl2F6N3O5S2. The highest BCUT2D eigenvalue weighted by Gasteiger charge is 2.61. The number of halogens is 8. The molecule has 0 atom stereocenters. The fourth-order valence-corrected chi connectivity index (χ4v) is 7.90. The van der Waals surface area contributed by atoms with Crippen LogP contribution in [0.3, 0.4) is 0 Å². The summed E-state index contributed by atoms with van der Waals surface area (Å²) < 4.78 is 132. The van der Waals surface area contributed by atoms with E-state index >= 15 is 0 Å². The average molecular weight is 791 g/mol. The molecule has 0 spiro atoms. The number of ether oxygens (including phenoxy) is 1. The number of imidazole rings is 1. The number of aryl methyl sites for hydroxylation is 1. The highest BCUT2D eigenvalue weighted by atomic mass is 35.5. The van der Waals surface area contributed by atoms with Crippen LogP contribution in [0.4, 0.5) is 32.0 Å². The van der Waals surface area contributed by atoms with Crippen LogP contribution in [-0.4, -0.2) is 37.4 Å². The fourth-order valence-electron chi connectivity index (χ4n) is 4.68. The molecule has 0 aliphatic carbocycles. The van der Waals surface area contributed by atoms with Crippen molar-refractivity contribution < 1.29 is 47.9 Å². The number of hydrogen-bond donors (Lipinski definition) is 0. The minimum absolute atomic E-state index is 0.136. The van der Waals surface area contributed by atoms with Crippen molar-refractivity contribution in [1.82, 2.24) is 9.55 Å². The van der Waals surface area contributed by atoms with Crippen molar-refractivity contribution in [2.75, 3.05) is 3.71 Å². The van der Waals surface area contributed by atoms with Gasteiger partial charge in [0.2, 0.25) is 0 Å². The first-order valence-electron chi connectivity index (χ1n) is 14.4. The molecule has 4 aromatic carbocycles. The molecule has 18 heteroatoms. The summed E-state index contributed by atoms with van der Waals surface area (Å²) in [6, 6.07) is 21.8. The van der Waals surface area contributed by atoms with Crippen molar-refractivity contribution in [1.29, 1.82) is 0 Å². The van der Waals surface area contributed by atoms with Gasteiger partial charge in [0.1, 0.15) is 17.3 Å². The third kappa shape index (κ3) is 8.03. The van der Waals surface area contributed by atoms with Crippen molar-refractivity contribution >= 4 is 61.1 Å². The fraction of sp³-hybridized carbons (Fsp3) is 0.121. The van der Waals surface area contributed by atoms with E-state index in [1.807, 2.05) is 60.2 Å². The maximum atomic E-state index is 13.1. The van der Waals surface area contributed by atoms with Crippen molar-refractivity contribution in [3.63, 3.8) is 0 Å². The second-order valence-electron chi connectivity index (χ2n) is 10.6. The number of rotatable bonds is 10. The van der Waals surface area contributed by atoms with Gasteiger partial charge in [-0.2, -0.15) is 43.2 Å². The van der Waals surface area contributed by atoms with Gasteiger partial charge in [-0.1, -0.05) is 65.7 Å². The Morgan fingerprint density at radius 1 is 0.745 bits per heavy atom. The van der Waals surface area contributed by atoms with E-state index in [4.69, 9.17) is 32.9 Å². The Hall–Kier alpha value is -4.51. The Labute approximate surface area is 298 Å². The minimum atomic E-state index is -7.00. The Balaban J connectivity index is 1.28. The number of nitrogens with zero attached hydrogens (tertiary/aromatic N) is 3. The van der Waals surface area contributed by atoms with E-state index < -0.39 is 40.5 Å². The molecule has 5 aromatic rings. The molecule has 5 rings (SSSR count). The Kier molecular flexibility index (Phi) is 10.5. The van der Waals surface area contributed by atoms with Gasteiger partial charge in [0, 0.05) is 23.3 Å². The largest absolute Gasteiger partial charge is 0.517 e. The molecule has 8 nitrogen and oxygen atoms in total. The van der Waals surface area contributed by atoms with E-state index in [-0.39, 0.29) is 11.5 Å². The highest BCUT2D eigenvalue weighted by molar-refractivity contribution is 8.11. The van der Waals surface area contributed by atoms with E-state index in [1.165, 1.54) is 0 Å². The van der Waals surface area contributed by atoms with Gasteiger partial charge in [0.05, 0.1) is 16.4 Å². The van der Waals surface area contributed by atoms with Crippen LogP contribution in [0.1, 0.15) is 18.3 Å². The van der Waals surface area contributed by atoms with Gasteiger partial charge in [0.25, 0.3) is 0 Å². The summed E-state index contributed by atoms with van der Waals surface area (Å²) in [5.41, 5.74) is -10.1. The van der Waals surface area contributed by atoms with Gasteiger partial charge < -0.3 is 9.30 Å². The maximum absolute atomic E-state index is 13.1. The average Bonchev–Trinajstić information content (AvgIpc) is 3.47. The lowest BCUT2D eigenvalue weighted by molar-refractivity contribution is -0.0462. The molecular weight excluding hydrogens is 767 g/mol. The lowest BCUT2D eigenvalue weighted by Gasteiger charge is -2.25. The lowest BCUT2D eigenvalue weighted by Crippen LogP contribution is -2.49. The van der Waals surface area contributed by atoms with E-state index in [0.717, 1.165) is 40.2 Å². The summed E-state index contributed by atoms with van der Waals surface area (Å²) in [7, 11) is -14.0. The highest BCUT2D eigenvalue weighted by Crippen LogP contribution is 2.39. The minimum Gasteiger partial charge on any atom is -0.457 e. The lowest BCUT2D eigenvalue weighted by atomic mass is 10.0. The van der Waals surface area contributed by atoms with Crippen LogP contribution in [0.2, 0.25) is 10.0 Å². The quantitative estimate of drug-likeness (QED) is 0.131. The van der Waals surface area contributed by atoms with Crippen LogP contribution in [0.25, 0.3) is 34.5 Å². The van der Waals surface area contributed by atoms with Crippen LogP contribution < -0.4 is 8.45 Å². The zero-order chi connectivity index (χ0) is 37.4. The molecule has 1 aromatic heterocycles. The molecule has 0 N–H and O–H groups in total. The third-order valence-corrected chi connectivity index (χ3v) is 11.4. The first-order chi connectivity index (χ1) is 23.8. The van der Waals surface area contributed by atoms with E-state index in [1.54, 1.807) is 36.4 Å². The van der Waals surface area contributed by atoms with Crippen LogP contribution in [0.15, 0.2) is 97.2 Å². The molecule has 0 unspecified atom stereocenters. The Bertz CT molecular complexity index is 2250. The first kappa shape index (κ1) is 37.7. The number of hydrogen-bond acceptors (Lipinski definition) is 6. The molecule has 51 heavy (non-hydrogen) atoms. The smallest absolute Gasteiger partial charge is 0.457 e. The topological polar surface area (TPSA) is 98.6 Å². The summed E-state index contributed by atoms with van der Waals surface area (Å²) in [5.74, 6) is 0.797. The predicted molar refractivity (Wildman–Crippen MR) is 183 cm³/mol. The van der Waals surface area contributed by atoms with Gasteiger partial charge in [0.15, 0.2) is 0 Å². The summed E-state index contributed by atoms with van der Waals surface area (Å²) in [6.45, 7) is 2.67. The second-order valence-corrected chi connectivity index (χ2v) is 15.2. The zero-order valence-electron chi connectivity index (χ0n) is 25.8. The molecule has 0 aliphatic rings. The number of aromatic nitrogens is 2. The van der Waals surface area contributed by atoms with E-state index in [0.29, 0.717) is 34.4 Å². The van der Waals surface area contributed by atoms with Gasteiger partial charge in [-0.15, -0.1) is 3.71 Å². The summed E-state index contributed by atoms with van der Waals surface area (Å²) >= 11 is 12.4. The summed E-state index contributed by atoms with van der Waals surface area (Å²) in [5, 5.41) is 1.01. The number of sulfonamides is 2. The van der Waals surface area contributed by atoms with Gasteiger partial charge in [-0.05, 0) is 84.3 Å². The molecule has 0 saturated carbocycles. The summed E-state index contributed by atoms with van der Waals surface area (Å²) in [4.78, 5) is 4.71. The van der Waals surface area contributed by atoms with Crippen LogP contribution >= 0.6 is 23.2 Å². The normalized spacial score (nSPS) is 12.7. The molecule has 0 amide bonds. The number of alkyl halides is 6. The maximum Gasteiger partial charge on any atom is 0.517 e. The van der Waals surface area contributed by atoms with E-state index in [2.05, 4.69) is 0 Å². The van der Waals surface area contributed by atoms with Crippen LogP contribution in [0.5, 0.6) is 11.5 Å². The standard InChI is InChI=1S/C33H23Cl2F6N3O5S2/c1-2-43-20-30(28-17-10-24(34)19-29(28)35)42-31(43)18-5-21-3-6-22(7-4-21)23-8-13-26(14-9-23)49-27-15-11-25(12-16-27)44(50(45,46)32(36,37)38)51(47,48)33(39,40)41/h3-20H,2H2,1H3/b18-5+. The van der Waals surface area contributed by atoms with E-state index in [9.17, 15) is 43.2 Å². The van der Waals surface area contributed by atoms with Crippen molar-refractivity contribution in [2.24, 2.45) is 0 Å². The van der Waals surface area contributed by atoms with Crippen LogP contribution in [-0.2, 0) is 26.6 Å². The van der Waals surface area contributed by atoms with Gasteiger partial charge >= 0.3 is 31.1 Å². The van der Waals surface area contributed by atoms with Gasteiger partial charge in [-0.3, -0.25) is 0 Å². The molecule has 1 heterocycles. The summed E-state index contributed by atoms with van der Waals surface area (Å²) in [6.07, 6.45) is 5.70. The molecule has 268 valence electrons.